The normalized spacial score (nSPS) is 12.3. The highest BCUT2D eigenvalue weighted by atomic mass is 32.2. The Morgan fingerprint density at radius 1 is 1.25 bits per heavy atom. The van der Waals surface area contributed by atoms with E-state index in [1.807, 2.05) is 0 Å². The van der Waals surface area contributed by atoms with Crippen LogP contribution in [0.4, 0.5) is 5.69 Å². The third-order valence-corrected chi connectivity index (χ3v) is 5.12. The van der Waals surface area contributed by atoms with Crippen molar-refractivity contribution in [3.63, 3.8) is 0 Å². The van der Waals surface area contributed by atoms with E-state index in [0.29, 0.717) is 0 Å². The molecule has 0 atom stereocenters. The van der Waals surface area contributed by atoms with E-state index in [0.717, 1.165) is 12.1 Å². The second kappa shape index (κ2) is 5.95. The van der Waals surface area contributed by atoms with Gasteiger partial charge in [-0.25, -0.2) is 8.42 Å². The predicted octanol–water partition coefficient (Wildman–Crippen LogP) is -0.320. The number of sulfone groups is 1. The van der Waals surface area contributed by atoms with Crippen LogP contribution in [0.3, 0.4) is 0 Å². The zero-order chi connectivity index (χ0) is 15.6. The van der Waals surface area contributed by atoms with Gasteiger partial charge in [-0.1, -0.05) is 0 Å². The van der Waals surface area contributed by atoms with Crippen LogP contribution in [-0.2, 0) is 20.0 Å². The van der Waals surface area contributed by atoms with Crippen LogP contribution in [0.2, 0.25) is 0 Å². The highest BCUT2D eigenvalue weighted by Crippen LogP contribution is 2.36. The molecule has 0 saturated carbocycles. The zero-order valence-corrected chi connectivity index (χ0v) is 12.2. The van der Waals surface area contributed by atoms with Gasteiger partial charge in [0.15, 0.2) is 15.6 Å². The molecule has 10 heteroatoms. The Hall–Kier alpha value is -1.36. The number of aliphatic hydroxyl groups is 1. The van der Waals surface area contributed by atoms with Gasteiger partial charge in [0.2, 0.25) is 0 Å². The molecule has 0 bridgehead atoms. The maximum Gasteiger partial charge on any atom is 0.295 e. The monoisotopic (exact) mass is 325 g/mol. The molecule has 0 aromatic heterocycles. The highest BCUT2D eigenvalue weighted by molar-refractivity contribution is 7.93. The van der Waals surface area contributed by atoms with E-state index in [1.165, 1.54) is 0 Å². The predicted molar refractivity (Wildman–Crippen MR) is 71.0 cm³/mol. The molecule has 20 heavy (non-hydrogen) atoms. The van der Waals surface area contributed by atoms with Crippen LogP contribution < -0.4 is 10.5 Å². The van der Waals surface area contributed by atoms with Crippen molar-refractivity contribution in [2.45, 2.75) is 16.7 Å². The largest absolute Gasteiger partial charge is 0.490 e. The maximum absolute atomic E-state index is 12.1. The molecule has 0 radical (unpaired) electrons. The Bertz CT molecular complexity index is 695. The van der Waals surface area contributed by atoms with Crippen molar-refractivity contribution >= 4 is 25.6 Å². The van der Waals surface area contributed by atoms with Crippen LogP contribution in [-0.4, -0.2) is 45.5 Å². The summed E-state index contributed by atoms with van der Waals surface area (Å²) in [5, 5.41) is 8.78. The van der Waals surface area contributed by atoms with Gasteiger partial charge in [-0.3, -0.25) is 4.55 Å². The third-order valence-electron chi connectivity index (χ3n) is 2.34. The zero-order valence-electron chi connectivity index (χ0n) is 10.6. The van der Waals surface area contributed by atoms with Gasteiger partial charge in [0.25, 0.3) is 10.1 Å². The Morgan fingerprint density at radius 2 is 1.85 bits per heavy atom. The minimum Gasteiger partial charge on any atom is -0.490 e. The molecule has 1 rings (SSSR count). The third kappa shape index (κ3) is 3.39. The lowest BCUT2D eigenvalue weighted by Crippen LogP contribution is -2.17. The average molecular weight is 325 g/mol. The molecule has 0 aliphatic carbocycles. The summed E-state index contributed by atoms with van der Waals surface area (Å²) < 4.78 is 61.0. The summed E-state index contributed by atoms with van der Waals surface area (Å²) in [6, 6.07) is 1.99. The first-order valence-electron chi connectivity index (χ1n) is 5.51. The van der Waals surface area contributed by atoms with Gasteiger partial charge in [-0.15, -0.1) is 0 Å². The Morgan fingerprint density at radius 3 is 2.30 bits per heavy atom. The first-order valence-corrected chi connectivity index (χ1v) is 8.60. The standard InChI is InChI=1S/C10H15NO7S2/c1-2-18-9-7(11)3-4-8(20(15,16)17)10(9)19(13,14)6-5-12/h3-4,12H,2,5-6,11H2,1H3,(H,15,16,17). The van der Waals surface area contributed by atoms with Crippen LogP contribution in [0.25, 0.3) is 0 Å². The lowest BCUT2D eigenvalue weighted by molar-refractivity contribution is 0.317. The van der Waals surface area contributed by atoms with E-state index in [-0.39, 0.29) is 18.0 Å². The molecule has 0 heterocycles. The van der Waals surface area contributed by atoms with Crippen LogP contribution in [0.15, 0.2) is 21.9 Å². The fourth-order valence-electron chi connectivity index (χ4n) is 1.57. The van der Waals surface area contributed by atoms with Gasteiger partial charge >= 0.3 is 0 Å². The number of nitrogens with two attached hydrogens (primary N) is 1. The Balaban J connectivity index is 3.79. The van der Waals surface area contributed by atoms with Gasteiger partial charge < -0.3 is 15.6 Å². The second-order valence-corrected chi connectivity index (χ2v) is 7.20. The molecule has 1 aromatic rings. The van der Waals surface area contributed by atoms with Crippen molar-refractivity contribution in [2.75, 3.05) is 24.7 Å². The smallest absolute Gasteiger partial charge is 0.295 e. The van der Waals surface area contributed by atoms with Crippen LogP contribution in [0.5, 0.6) is 5.75 Å². The SMILES string of the molecule is CCOc1c(N)ccc(S(=O)(=O)O)c1S(=O)(=O)CCO. The summed E-state index contributed by atoms with van der Waals surface area (Å²) in [6.07, 6.45) is 0. The van der Waals surface area contributed by atoms with E-state index >= 15 is 0 Å². The molecule has 0 fully saturated rings. The lowest BCUT2D eigenvalue weighted by Gasteiger charge is -2.15. The summed E-state index contributed by atoms with van der Waals surface area (Å²) >= 11 is 0. The van der Waals surface area contributed by atoms with Gasteiger partial charge in [0.1, 0.15) is 9.79 Å². The molecule has 0 unspecified atom stereocenters. The summed E-state index contributed by atoms with van der Waals surface area (Å²) in [7, 11) is -8.98. The topological polar surface area (TPSA) is 144 Å². The Labute approximate surface area is 116 Å². The molecule has 8 nitrogen and oxygen atoms in total. The number of aliphatic hydroxyl groups excluding tert-OH is 1. The minimum absolute atomic E-state index is 0.0424. The maximum atomic E-state index is 12.1. The average Bonchev–Trinajstić information content (AvgIpc) is 2.29. The number of benzene rings is 1. The minimum atomic E-state index is -4.79. The molecule has 0 saturated heterocycles. The summed E-state index contributed by atoms with van der Waals surface area (Å²) in [5.74, 6) is -1.07. The van der Waals surface area contributed by atoms with E-state index in [2.05, 4.69) is 0 Å². The first kappa shape index (κ1) is 16.7. The van der Waals surface area contributed by atoms with E-state index in [1.54, 1.807) is 6.92 Å². The van der Waals surface area contributed by atoms with Crippen molar-refractivity contribution < 1.29 is 31.2 Å². The van der Waals surface area contributed by atoms with Crippen molar-refractivity contribution in [1.29, 1.82) is 0 Å². The Kier molecular flexibility index (Phi) is 4.97. The highest BCUT2D eigenvalue weighted by Gasteiger charge is 2.30. The first-order chi connectivity index (χ1) is 9.15. The van der Waals surface area contributed by atoms with Crippen molar-refractivity contribution in [3.05, 3.63) is 12.1 Å². The number of anilines is 1. The van der Waals surface area contributed by atoms with Crippen molar-refractivity contribution in [3.8, 4) is 5.75 Å². The van der Waals surface area contributed by atoms with E-state index in [9.17, 15) is 16.8 Å². The summed E-state index contributed by atoms with van der Waals surface area (Å²) in [5.41, 5.74) is 5.50. The van der Waals surface area contributed by atoms with Gasteiger partial charge in [-0.05, 0) is 19.1 Å². The second-order valence-electron chi connectivity index (χ2n) is 3.76. The quantitative estimate of drug-likeness (QED) is 0.477. The van der Waals surface area contributed by atoms with Crippen LogP contribution >= 0.6 is 0 Å². The fourth-order valence-corrected chi connectivity index (χ4v) is 4.12. The van der Waals surface area contributed by atoms with Gasteiger partial charge in [0.05, 0.1) is 24.7 Å². The van der Waals surface area contributed by atoms with E-state index in [4.69, 9.17) is 20.1 Å². The lowest BCUT2D eigenvalue weighted by atomic mass is 10.3. The fraction of sp³-hybridized carbons (Fsp3) is 0.400. The molecule has 4 N–H and O–H groups in total. The molecular weight excluding hydrogens is 310 g/mol. The van der Waals surface area contributed by atoms with Gasteiger partial charge in [-0.2, -0.15) is 8.42 Å². The van der Waals surface area contributed by atoms with Crippen LogP contribution in [0.1, 0.15) is 6.92 Å². The molecule has 0 spiro atoms. The molecule has 114 valence electrons. The van der Waals surface area contributed by atoms with Crippen LogP contribution in [0, 0.1) is 0 Å². The molecule has 0 aliphatic rings. The number of nitrogen functional groups attached to an aromatic ring is 1. The number of ether oxygens (including phenoxy) is 1. The molecular formula is C10H15NO7S2. The molecule has 1 aromatic carbocycles. The number of hydrogen-bond donors (Lipinski definition) is 3. The van der Waals surface area contributed by atoms with E-state index < -0.39 is 42.1 Å². The summed E-state index contributed by atoms with van der Waals surface area (Å²) in [6.45, 7) is 0.885. The van der Waals surface area contributed by atoms with Crippen molar-refractivity contribution in [2.24, 2.45) is 0 Å². The van der Waals surface area contributed by atoms with Crippen molar-refractivity contribution in [1.82, 2.24) is 0 Å². The molecule has 0 amide bonds. The number of rotatable bonds is 6. The van der Waals surface area contributed by atoms with Gasteiger partial charge in [0, 0.05) is 0 Å². The number of hydrogen-bond acceptors (Lipinski definition) is 7. The molecule has 0 aliphatic heterocycles. The summed E-state index contributed by atoms with van der Waals surface area (Å²) in [4.78, 5) is -1.57.